The van der Waals surface area contributed by atoms with E-state index < -0.39 is 5.60 Å². The van der Waals surface area contributed by atoms with Gasteiger partial charge in [-0.3, -0.25) is 4.79 Å². The van der Waals surface area contributed by atoms with E-state index in [-0.39, 0.29) is 16.7 Å². The van der Waals surface area contributed by atoms with Gasteiger partial charge in [0.15, 0.2) is 0 Å². The Bertz CT molecular complexity index is 693. The van der Waals surface area contributed by atoms with E-state index in [1.165, 1.54) is 12.1 Å². The van der Waals surface area contributed by atoms with Gasteiger partial charge in [0.1, 0.15) is 0 Å². The third-order valence-corrected chi connectivity index (χ3v) is 7.54. The number of aliphatic hydroxyl groups is 1. The zero-order chi connectivity index (χ0) is 19.1. The molecule has 0 heterocycles. The van der Waals surface area contributed by atoms with Crippen molar-refractivity contribution in [1.82, 2.24) is 5.32 Å². The van der Waals surface area contributed by atoms with Crippen LogP contribution in [0.3, 0.4) is 0 Å². The van der Waals surface area contributed by atoms with Crippen LogP contribution in [-0.2, 0) is 4.79 Å². The molecular weight excluding hydrogens is 336 g/mol. The summed E-state index contributed by atoms with van der Waals surface area (Å²) in [5.41, 5.74) is 0.478. The van der Waals surface area contributed by atoms with Gasteiger partial charge in [-0.05, 0) is 68.4 Å². The average molecular weight is 371 g/mol. The lowest BCUT2D eigenvalue weighted by atomic mass is 9.42. The summed E-state index contributed by atoms with van der Waals surface area (Å²) in [6, 6.07) is 10.3. The SMILES string of the molecule is CC[C@]12C[C@@H]3C[C@@](O)(C1)C[C@@](C(=O)NCCCN(C)c1ccccc1)(C3)C2. The number of amides is 1. The van der Waals surface area contributed by atoms with Gasteiger partial charge in [-0.1, -0.05) is 31.5 Å². The Morgan fingerprint density at radius 1 is 1.19 bits per heavy atom. The van der Waals surface area contributed by atoms with Crippen molar-refractivity contribution in [1.29, 1.82) is 0 Å². The molecule has 4 saturated carbocycles. The van der Waals surface area contributed by atoms with Gasteiger partial charge in [0.2, 0.25) is 5.91 Å². The van der Waals surface area contributed by atoms with Gasteiger partial charge in [0.05, 0.1) is 11.0 Å². The highest BCUT2D eigenvalue weighted by Gasteiger charge is 2.64. The van der Waals surface area contributed by atoms with Crippen molar-refractivity contribution in [2.75, 3.05) is 25.0 Å². The van der Waals surface area contributed by atoms with Crippen LogP contribution in [-0.4, -0.2) is 36.8 Å². The van der Waals surface area contributed by atoms with Crippen LogP contribution in [0, 0.1) is 16.7 Å². The minimum absolute atomic E-state index is 0.193. The van der Waals surface area contributed by atoms with Crippen molar-refractivity contribution < 1.29 is 9.90 Å². The van der Waals surface area contributed by atoms with Gasteiger partial charge in [-0.15, -0.1) is 0 Å². The summed E-state index contributed by atoms with van der Waals surface area (Å²) in [6.07, 6.45) is 7.67. The fourth-order valence-electron chi connectivity index (χ4n) is 6.75. The zero-order valence-corrected chi connectivity index (χ0v) is 16.8. The molecule has 0 unspecified atom stereocenters. The van der Waals surface area contributed by atoms with E-state index in [9.17, 15) is 9.90 Å². The smallest absolute Gasteiger partial charge is 0.226 e. The van der Waals surface area contributed by atoms with Crippen LogP contribution in [0.2, 0.25) is 0 Å². The molecule has 1 aromatic rings. The van der Waals surface area contributed by atoms with Gasteiger partial charge in [0, 0.05) is 25.8 Å². The average Bonchev–Trinajstić information content (AvgIpc) is 2.63. The summed E-state index contributed by atoms with van der Waals surface area (Å²) in [5, 5.41) is 14.3. The van der Waals surface area contributed by atoms with Crippen molar-refractivity contribution in [2.24, 2.45) is 16.7 Å². The third kappa shape index (κ3) is 3.49. The highest BCUT2D eigenvalue weighted by atomic mass is 16.3. The van der Waals surface area contributed by atoms with Crippen molar-refractivity contribution >= 4 is 11.6 Å². The van der Waals surface area contributed by atoms with Crippen LogP contribution < -0.4 is 10.2 Å². The van der Waals surface area contributed by atoms with Gasteiger partial charge in [-0.25, -0.2) is 0 Å². The largest absolute Gasteiger partial charge is 0.390 e. The number of nitrogens with one attached hydrogen (secondary N) is 1. The van der Waals surface area contributed by atoms with Gasteiger partial charge < -0.3 is 15.3 Å². The molecule has 2 N–H and O–H groups in total. The molecule has 0 radical (unpaired) electrons. The molecular formula is C23H34N2O2. The first-order valence-corrected chi connectivity index (χ1v) is 10.6. The molecule has 0 aromatic heterocycles. The van der Waals surface area contributed by atoms with E-state index in [0.717, 1.165) is 45.1 Å². The molecule has 148 valence electrons. The fraction of sp³-hybridized carbons (Fsp3) is 0.696. The number of anilines is 1. The molecule has 4 fully saturated rings. The summed E-state index contributed by atoms with van der Waals surface area (Å²) in [6.45, 7) is 3.87. The van der Waals surface area contributed by atoms with Gasteiger partial charge >= 0.3 is 0 Å². The Kier molecular flexibility index (Phi) is 4.74. The topological polar surface area (TPSA) is 52.6 Å². The maximum Gasteiger partial charge on any atom is 0.226 e. The number of hydrogen-bond donors (Lipinski definition) is 2. The number of benzene rings is 1. The fourth-order valence-corrected chi connectivity index (χ4v) is 6.75. The lowest BCUT2D eigenvalue weighted by molar-refractivity contribution is -0.204. The second-order valence-electron chi connectivity index (χ2n) is 9.73. The molecule has 1 amide bonds. The molecule has 4 atom stereocenters. The van der Waals surface area contributed by atoms with Crippen LogP contribution in [0.25, 0.3) is 0 Å². The zero-order valence-electron chi connectivity index (χ0n) is 16.8. The van der Waals surface area contributed by atoms with Crippen LogP contribution in [0.15, 0.2) is 30.3 Å². The molecule has 4 heteroatoms. The van der Waals surface area contributed by atoms with E-state index in [1.54, 1.807) is 0 Å². The van der Waals surface area contributed by atoms with Crippen molar-refractivity contribution in [3.8, 4) is 0 Å². The Hall–Kier alpha value is -1.55. The number of nitrogens with zero attached hydrogens (tertiary/aromatic N) is 1. The predicted octanol–water partition coefficient (Wildman–Crippen LogP) is 3.74. The van der Waals surface area contributed by atoms with Crippen LogP contribution in [0.1, 0.15) is 58.3 Å². The van der Waals surface area contributed by atoms with Crippen LogP contribution in [0.5, 0.6) is 0 Å². The maximum atomic E-state index is 13.2. The Morgan fingerprint density at radius 2 is 1.96 bits per heavy atom. The molecule has 0 saturated heterocycles. The van der Waals surface area contributed by atoms with Gasteiger partial charge in [0.25, 0.3) is 0 Å². The molecule has 1 aromatic carbocycles. The molecule has 4 nitrogen and oxygen atoms in total. The minimum atomic E-state index is -0.597. The molecule has 4 aliphatic rings. The molecule has 4 bridgehead atoms. The first kappa shape index (κ1) is 18.8. The van der Waals surface area contributed by atoms with Crippen molar-refractivity contribution in [3.63, 3.8) is 0 Å². The lowest BCUT2D eigenvalue weighted by Gasteiger charge is -2.64. The second kappa shape index (κ2) is 6.80. The molecule has 27 heavy (non-hydrogen) atoms. The third-order valence-electron chi connectivity index (χ3n) is 7.54. The van der Waals surface area contributed by atoms with E-state index in [4.69, 9.17) is 0 Å². The van der Waals surface area contributed by atoms with Crippen molar-refractivity contribution in [3.05, 3.63) is 30.3 Å². The molecule has 5 rings (SSSR count). The van der Waals surface area contributed by atoms with Gasteiger partial charge in [-0.2, -0.15) is 0 Å². The number of carbonyl (C=O) groups is 1. The standard InChI is InChI=1S/C23H34N2O2/c1-3-21-12-18-13-22(15-21,17-23(27,14-18)16-21)20(26)24-10-7-11-25(2)19-8-5-4-6-9-19/h4-6,8-9,18,27H,3,7,10-17H2,1-2H3,(H,24,26)/t18-,21+,22+,23+/m0/s1. The Morgan fingerprint density at radius 3 is 2.67 bits per heavy atom. The lowest BCUT2D eigenvalue weighted by Crippen LogP contribution is -2.63. The number of rotatable bonds is 7. The van der Waals surface area contributed by atoms with Crippen molar-refractivity contribution in [2.45, 2.75) is 63.9 Å². The second-order valence-corrected chi connectivity index (χ2v) is 9.73. The monoisotopic (exact) mass is 370 g/mol. The highest BCUT2D eigenvalue weighted by molar-refractivity contribution is 5.83. The number of carbonyl (C=O) groups excluding carboxylic acids is 1. The van der Waals surface area contributed by atoms with Crippen LogP contribution >= 0.6 is 0 Å². The summed E-state index contributed by atoms with van der Waals surface area (Å²) in [7, 11) is 2.09. The van der Waals surface area contributed by atoms with E-state index in [1.807, 2.05) is 6.07 Å². The normalized spacial score (nSPS) is 36.6. The summed E-state index contributed by atoms with van der Waals surface area (Å²) >= 11 is 0. The Balaban J connectivity index is 1.33. The summed E-state index contributed by atoms with van der Waals surface area (Å²) in [4.78, 5) is 15.4. The first-order valence-electron chi connectivity index (χ1n) is 10.6. The number of hydrogen-bond acceptors (Lipinski definition) is 3. The predicted molar refractivity (Wildman–Crippen MR) is 109 cm³/mol. The Labute approximate surface area is 163 Å². The molecule has 4 aliphatic carbocycles. The van der Waals surface area contributed by atoms with Crippen LogP contribution in [0.4, 0.5) is 5.69 Å². The van der Waals surface area contributed by atoms with E-state index in [0.29, 0.717) is 18.9 Å². The first-order chi connectivity index (χ1) is 12.9. The highest BCUT2D eigenvalue weighted by Crippen LogP contribution is 2.67. The maximum absolute atomic E-state index is 13.2. The van der Waals surface area contributed by atoms with E-state index in [2.05, 4.69) is 48.5 Å². The van der Waals surface area contributed by atoms with E-state index >= 15 is 0 Å². The quantitative estimate of drug-likeness (QED) is 0.719. The summed E-state index contributed by atoms with van der Waals surface area (Å²) in [5.74, 6) is 0.728. The number of para-hydroxylation sites is 1. The molecule has 0 spiro atoms. The summed E-state index contributed by atoms with van der Waals surface area (Å²) < 4.78 is 0. The molecule has 0 aliphatic heterocycles. The minimum Gasteiger partial charge on any atom is -0.390 e.